The van der Waals surface area contributed by atoms with Gasteiger partial charge in [-0.1, -0.05) is 30.3 Å². The number of ether oxygens (including phenoxy) is 1. The first kappa shape index (κ1) is 28.2. The van der Waals surface area contributed by atoms with Crippen LogP contribution in [-0.4, -0.2) is 75.0 Å². The van der Waals surface area contributed by atoms with Crippen molar-refractivity contribution in [3.8, 4) is 5.75 Å². The van der Waals surface area contributed by atoms with E-state index < -0.39 is 22.0 Å². The highest BCUT2D eigenvalue weighted by atomic mass is 32.2. The van der Waals surface area contributed by atoms with Gasteiger partial charge in [0, 0.05) is 13.1 Å². The van der Waals surface area contributed by atoms with E-state index >= 15 is 0 Å². The summed E-state index contributed by atoms with van der Waals surface area (Å²) in [6, 6.07) is 13.7. The average Bonchev–Trinajstić information content (AvgIpc) is 2.84. The number of hydrogen-bond donors (Lipinski definition) is 3. The molecule has 2 aromatic carbocycles. The fourth-order valence-corrected chi connectivity index (χ4v) is 5.13. The van der Waals surface area contributed by atoms with E-state index in [4.69, 9.17) is 4.74 Å². The van der Waals surface area contributed by atoms with E-state index in [1.54, 1.807) is 48.7 Å². The molecule has 2 aromatic rings. The van der Waals surface area contributed by atoms with Crippen LogP contribution in [0.5, 0.6) is 5.75 Å². The molecule has 0 spiro atoms. The number of nitrogens with zero attached hydrogens (tertiary/aromatic N) is 2. The smallest absolute Gasteiger partial charge is 0.261 e. The molecule has 0 aliphatic rings. The zero-order chi connectivity index (χ0) is 25.8. The summed E-state index contributed by atoms with van der Waals surface area (Å²) in [5.74, 6) is -0.443. The van der Waals surface area contributed by atoms with Crippen molar-refractivity contribution in [2.24, 2.45) is 0 Å². The molecule has 0 heterocycles. The van der Waals surface area contributed by atoms with Crippen molar-refractivity contribution >= 4 is 21.8 Å². The van der Waals surface area contributed by atoms with E-state index in [1.165, 1.54) is 31.4 Å². The second-order valence-corrected chi connectivity index (χ2v) is 10.2. The van der Waals surface area contributed by atoms with Crippen molar-refractivity contribution in [2.45, 2.75) is 36.7 Å². The summed E-state index contributed by atoms with van der Waals surface area (Å²) in [6.07, 6.45) is 1.14. The molecule has 0 saturated heterocycles. The van der Waals surface area contributed by atoms with E-state index in [0.29, 0.717) is 30.7 Å². The van der Waals surface area contributed by atoms with Crippen LogP contribution in [0.1, 0.15) is 24.8 Å². The van der Waals surface area contributed by atoms with Crippen molar-refractivity contribution < 1.29 is 28.0 Å². The van der Waals surface area contributed by atoms with Crippen LogP contribution in [0.15, 0.2) is 59.5 Å². The van der Waals surface area contributed by atoms with Crippen LogP contribution >= 0.6 is 0 Å². The molecular formula is C24H34N4O6S. The summed E-state index contributed by atoms with van der Waals surface area (Å²) < 4.78 is 33.5. The van der Waals surface area contributed by atoms with E-state index in [1.807, 2.05) is 6.07 Å². The van der Waals surface area contributed by atoms with Gasteiger partial charge in [-0.15, -0.1) is 0 Å². The number of hydroxylamine groups is 1. The Morgan fingerprint density at radius 1 is 1.03 bits per heavy atom. The molecular weight excluding hydrogens is 472 g/mol. The van der Waals surface area contributed by atoms with Gasteiger partial charge in [0.15, 0.2) is 0 Å². The quantitative estimate of drug-likeness (QED) is 0.202. The summed E-state index contributed by atoms with van der Waals surface area (Å²) in [5, 5.41) is 12.2. The normalized spacial score (nSPS) is 12.4. The largest absolute Gasteiger partial charge is 0.497 e. The Morgan fingerprint density at radius 2 is 1.69 bits per heavy atom. The summed E-state index contributed by atoms with van der Waals surface area (Å²) in [5.41, 5.74) is 2.30. The number of carbonyl (C=O) groups excluding carboxylic acids is 2. The first-order chi connectivity index (χ1) is 16.7. The zero-order valence-corrected chi connectivity index (χ0v) is 21.1. The van der Waals surface area contributed by atoms with Gasteiger partial charge in [-0.3, -0.25) is 14.8 Å². The molecule has 1 atom stereocenters. The number of unbranched alkanes of at least 4 members (excludes halogenated alkanes) is 1. The van der Waals surface area contributed by atoms with Crippen LogP contribution in [0, 0.1) is 0 Å². The second-order valence-electron chi connectivity index (χ2n) is 8.29. The molecule has 0 saturated carbocycles. The Bertz CT molecular complexity index is 1050. The third-order valence-electron chi connectivity index (χ3n) is 5.29. The predicted molar refractivity (Wildman–Crippen MR) is 131 cm³/mol. The Kier molecular flexibility index (Phi) is 11.1. The van der Waals surface area contributed by atoms with Gasteiger partial charge in [-0.2, -0.15) is 4.31 Å². The molecule has 0 radical (unpaired) electrons. The molecule has 2 amide bonds. The molecule has 10 nitrogen and oxygen atoms in total. The highest BCUT2D eigenvalue weighted by Gasteiger charge is 2.35. The fraction of sp³-hybridized carbons (Fsp3) is 0.417. The summed E-state index contributed by atoms with van der Waals surface area (Å²) in [4.78, 5) is 26.2. The number of nitrogens with one attached hydrogen (secondary N) is 2. The Morgan fingerprint density at radius 3 is 2.26 bits per heavy atom. The zero-order valence-electron chi connectivity index (χ0n) is 20.3. The Labute approximate surface area is 206 Å². The molecule has 0 fully saturated rings. The lowest BCUT2D eigenvalue weighted by Gasteiger charge is -2.29. The van der Waals surface area contributed by atoms with Gasteiger partial charge in [0.2, 0.25) is 15.9 Å². The average molecular weight is 507 g/mol. The highest BCUT2D eigenvalue weighted by molar-refractivity contribution is 7.89. The standard InChI is InChI=1S/C24H34N4O6S/c1-27(2)18-23(29)25-16-8-7-11-22(24(30)26-31)28(17-19-9-5-4-6-10-19)35(32,33)21-14-12-20(34-3)13-15-21/h4-6,9-10,12-15,22,31H,7-8,11,16-18H2,1-3H3,(H,25,29)(H,26,30)/t22-/m1/s1. The van der Waals surface area contributed by atoms with Crippen molar-refractivity contribution in [3.05, 3.63) is 60.2 Å². The molecule has 0 unspecified atom stereocenters. The van der Waals surface area contributed by atoms with Crippen LogP contribution in [0.3, 0.4) is 0 Å². The maximum atomic E-state index is 13.6. The van der Waals surface area contributed by atoms with Crippen molar-refractivity contribution in [1.29, 1.82) is 0 Å². The van der Waals surface area contributed by atoms with E-state index in [-0.39, 0.29) is 30.3 Å². The fourth-order valence-electron chi connectivity index (χ4n) is 3.52. The summed E-state index contributed by atoms with van der Waals surface area (Å²) in [6.45, 7) is 0.595. The third-order valence-corrected chi connectivity index (χ3v) is 7.16. The number of methoxy groups -OCH3 is 1. The first-order valence-electron chi connectivity index (χ1n) is 11.2. The minimum Gasteiger partial charge on any atom is -0.497 e. The predicted octanol–water partition coefficient (Wildman–Crippen LogP) is 1.61. The SMILES string of the molecule is COc1ccc(S(=O)(=O)N(Cc2ccccc2)[C@H](CCCCNC(=O)CN(C)C)C(=O)NO)cc1. The van der Waals surface area contributed by atoms with Crippen molar-refractivity contribution in [1.82, 2.24) is 20.0 Å². The topological polar surface area (TPSA) is 128 Å². The number of likely N-dealkylation sites (N-methyl/N-ethyl adjacent to an activating group) is 1. The Hall–Kier alpha value is -2.99. The van der Waals surface area contributed by atoms with Gasteiger partial charge in [0.1, 0.15) is 11.8 Å². The molecule has 0 aromatic heterocycles. The number of carbonyl (C=O) groups is 2. The number of amides is 2. The number of benzene rings is 2. The van der Waals surface area contributed by atoms with Gasteiger partial charge in [0.05, 0.1) is 18.6 Å². The second kappa shape index (κ2) is 13.8. The molecule has 192 valence electrons. The van der Waals surface area contributed by atoms with Crippen LogP contribution in [0.4, 0.5) is 0 Å². The van der Waals surface area contributed by atoms with E-state index in [0.717, 1.165) is 4.31 Å². The van der Waals surface area contributed by atoms with Crippen LogP contribution in [-0.2, 0) is 26.2 Å². The minimum atomic E-state index is -4.12. The third kappa shape index (κ3) is 8.62. The van der Waals surface area contributed by atoms with Crippen molar-refractivity contribution in [3.63, 3.8) is 0 Å². The maximum Gasteiger partial charge on any atom is 0.261 e. The van der Waals surface area contributed by atoms with Crippen molar-refractivity contribution in [2.75, 3.05) is 34.3 Å². The molecule has 3 N–H and O–H groups in total. The van der Waals surface area contributed by atoms with Crippen LogP contribution < -0.4 is 15.5 Å². The lowest BCUT2D eigenvalue weighted by atomic mass is 10.1. The van der Waals surface area contributed by atoms with Gasteiger partial charge in [-0.25, -0.2) is 13.9 Å². The molecule has 0 aliphatic carbocycles. The highest BCUT2D eigenvalue weighted by Crippen LogP contribution is 2.25. The van der Waals surface area contributed by atoms with Crippen LogP contribution in [0.2, 0.25) is 0 Å². The summed E-state index contributed by atoms with van der Waals surface area (Å²) >= 11 is 0. The number of rotatable bonds is 14. The van der Waals surface area contributed by atoms with E-state index in [9.17, 15) is 23.2 Å². The summed E-state index contributed by atoms with van der Waals surface area (Å²) in [7, 11) is 0.952. The Balaban J connectivity index is 2.25. The van der Waals surface area contributed by atoms with E-state index in [2.05, 4.69) is 5.32 Å². The van der Waals surface area contributed by atoms with Gasteiger partial charge in [-0.05, 0) is 63.2 Å². The first-order valence-corrected chi connectivity index (χ1v) is 12.7. The molecule has 0 bridgehead atoms. The van der Waals surface area contributed by atoms with Gasteiger partial charge < -0.3 is 15.0 Å². The minimum absolute atomic E-state index is 0.000852. The lowest BCUT2D eigenvalue weighted by molar-refractivity contribution is -0.133. The monoisotopic (exact) mass is 506 g/mol. The molecule has 2 rings (SSSR count). The van der Waals surface area contributed by atoms with Gasteiger partial charge in [0.25, 0.3) is 5.91 Å². The number of sulfonamides is 1. The molecule has 0 aliphatic heterocycles. The van der Waals surface area contributed by atoms with Crippen LogP contribution in [0.25, 0.3) is 0 Å². The molecule has 35 heavy (non-hydrogen) atoms. The van der Waals surface area contributed by atoms with Gasteiger partial charge >= 0.3 is 0 Å². The molecule has 11 heteroatoms. The number of hydrogen-bond acceptors (Lipinski definition) is 7. The lowest BCUT2D eigenvalue weighted by Crippen LogP contribution is -2.48. The maximum absolute atomic E-state index is 13.6.